The first-order chi connectivity index (χ1) is 15.5. The lowest BCUT2D eigenvalue weighted by atomic mass is 9.78. The maximum absolute atomic E-state index is 12.8. The second kappa shape index (κ2) is 10.2. The Labute approximate surface area is 191 Å². The molecule has 0 N–H and O–H groups in total. The highest BCUT2D eigenvalue weighted by molar-refractivity contribution is 5.79. The van der Waals surface area contributed by atoms with Crippen molar-refractivity contribution >= 4 is 11.8 Å². The number of ether oxygens (including phenoxy) is 1. The number of amides is 2. The van der Waals surface area contributed by atoms with Gasteiger partial charge in [-0.3, -0.25) is 9.59 Å². The first-order valence-corrected chi connectivity index (χ1v) is 11.8. The van der Waals surface area contributed by atoms with Gasteiger partial charge in [0.2, 0.25) is 11.8 Å². The van der Waals surface area contributed by atoms with Gasteiger partial charge in [0.1, 0.15) is 5.75 Å². The maximum atomic E-state index is 12.8. The Morgan fingerprint density at radius 3 is 2.41 bits per heavy atom. The molecule has 5 heteroatoms. The number of hydrogen-bond acceptors (Lipinski definition) is 3. The summed E-state index contributed by atoms with van der Waals surface area (Å²) in [6.45, 7) is 7.52. The zero-order valence-corrected chi connectivity index (χ0v) is 19.2. The third-order valence-corrected chi connectivity index (χ3v) is 7.08. The molecule has 2 aromatic carbocycles. The molecule has 5 nitrogen and oxygen atoms in total. The van der Waals surface area contributed by atoms with Crippen molar-refractivity contribution in [2.75, 3.05) is 32.8 Å². The van der Waals surface area contributed by atoms with E-state index in [2.05, 4.69) is 19.1 Å². The van der Waals surface area contributed by atoms with Crippen molar-refractivity contribution in [3.8, 4) is 5.75 Å². The average molecular weight is 435 g/mol. The lowest BCUT2D eigenvalue weighted by molar-refractivity contribution is -0.132. The molecule has 0 bridgehead atoms. The number of rotatable bonds is 6. The van der Waals surface area contributed by atoms with Crippen LogP contribution in [0.15, 0.2) is 54.6 Å². The molecule has 2 saturated heterocycles. The molecule has 2 atom stereocenters. The normalized spacial score (nSPS) is 21.6. The summed E-state index contributed by atoms with van der Waals surface area (Å²) in [5.74, 6) is 2.52. The van der Waals surface area contributed by atoms with Crippen molar-refractivity contribution in [3.05, 3.63) is 65.7 Å². The number of hydrogen-bond donors (Lipinski definition) is 0. The van der Waals surface area contributed by atoms with Crippen LogP contribution >= 0.6 is 0 Å². The Bertz CT molecular complexity index is 922. The molecule has 4 rings (SSSR count). The second-order valence-corrected chi connectivity index (χ2v) is 9.36. The monoisotopic (exact) mass is 434 g/mol. The van der Waals surface area contributed by atoms with Crippen LogP contribution in [0.25, 0.3) is 0 Å². The van der Waals surface area contributed by atoms with Gasteiger partial charge in [-0.05, 0) is 49.3 Å². The number of piperidine rings is 1. The van der Waals surface area contributed by atoms with E-state index in [1.807, 2.05) is 52.3 Å². The summed E-state index contributed by atoms with van der Waals surface area (Å²) in [4.78, 5) is 28.9. The quantitative estimate of drug-likeness (QED) is 0.692. The second-order valence-electron chi connectivity index (χ2n) is 9.36. The third kappa shape index (κ3) is 5.50. The molecule has 2 amide bonds. The number of carbonyl (C=O) groups is 2. The first kappa shape index (κ1) is 22.4. The predicted octanol–water partition coefficient (Wildman–Crippen LogP) is 3.95. The number of benzene rings is 2. The van der Waals surface area contributed by atoms with Crippen molar-refractivity contribution in [2.24, 2.45) is 17.8 Å². The minimum absolute atomic E-state index is 0.142. The predicted molar refractivity (Wildman–Crippen MR) is 125 cm³/mol. The van der Waals surface area contributed by atoms with Crippen molar-refractivity contribution in [1.29, 1.82) is 0 Å². The SMILES string of the molecule is CC(=O)N1C[C@@H](COc2ccccc2)[C@H](C2CCN(C(=O)Cc3cccc(C)c3)CC2)C1. The maximum Gasteiger partial charge on any atom is 0.226 e. The molecular formula is C27H34N2O3. The highest BCUT2D eigenvalue weighted by Gasteiger charge is 2.40. The number of para-hydroxylation sites is 1. The summed E-state index contributed by atoms with van der Waals surface area (Å²) in [6.07, 6.45) is 2.47. The summed E-state index contributed by atoms with van der Waals surface area (Å²) in [5, 5.41) is 0. The Hall–Kier alpha value is -2.82. The fourth-order valence-corrected chi connectivity index (χ4v) is 5.27. The van der Waals surface area contributed by atoms with Crippen molar-refractivity contribution in [3.63, 3.8) is 0 Å². The van der Waals surface area contributed by atoms with E-state index in [9.17, 15) is 9.59 Å². The van der Waals surface area contributed by atoms with Gasteiger partial charge in [-0.25, -0.2) is 0 Å². The molecule has 2 aliphatic rings. The van der Waals surface area contributed by atoms with Gasteiger partial charge in [0, 0.05) is 39.0 Å². The lowest BCUT2D eigenvalue weighted by Gasteiger charge is -2.36. The highest BCUT2D eigenvalue weighted by Crippen LogP contribution is 2.36. The highest BCUT2D eigenvalue weighted by atomic mass is 16.5. The van der Waals surface area contributed by atoms with Gasteiger partial charge in [-0.2, -0.15) is 0 Å². The van der Waals surface area contributed by atoms with Gasteiger partial charge in [0.25, 0.3) is 0 Å². The van der Waals surface area contributed by atoms with Crippen LogP contribution in [-0.2, 0) is 16.0 Å². The Kier molecular flexibility index (Phi) is 7.13. The zero-order valence-electron chi connectivity index (χ0n) is 19.2. The molecule has 2 aliphatic heterocycles. The Morgan fingerprint density at radius 2 is 1.72 bits per heavy atom. The summed E-state index contributed by atoms with van der Waals surface area (Å²) in [6, 6.07) is 18.1. The van der Waals surface area contributed by atoms with Gasteiger partial charge in [0.05, 0.1) is 13.0 Å². The number of nitrogens with zero attached hydrogens (tertiary/aromatic N) is 2. The molecule has 0 aliphatic carbocycles. The third-order valence-electron chi connectivity index (χ3n) is 7.08. The van der Waals surface area contributed by atoms with Crippen LogP contribution < -0.4 is 4.74 Å². The number of likely N-dealkylation sites (tertiary alicyclic amines) is 2. The Morgan fingerprint density at radius 1 is 0.969 bits per heavy atom. The smallest absolute Gasteiger partial charge is 0.226 e. The van der Waals surface area contributed by atoms with E-state index >= 15 is 0 Å². The zero-order chi connectivity index (χ0) is 22.5. The molecule has 0 spiro atoms. The summed E-state index contributed by atoms with van der Waals surface area (Å²) >= 11 is 0. The molecule has 0 saturated carbocycles. The fourth-order valence-electron chi connectivity index (χ4n) is 5.27. The van der Waals surface area contributed by atoms with E-state index in [0.29, 0.717) is 30.8 Å². The first-order valence-electron chi connectivity index (χ1n) is 11.8. The van der Waals surface area contributed by atoms with Crippen LogP contribution in [0.3, 0.4) is 0 Å². The Balaban J connectivity index is 1.33. The van der Waals surface area contributed by atoms with Crippen LogP contribution in [0.2, 0.25) is 0 Å². The summed E-state index contributed by atoms with van der Waals surface area (Å²) in [7, 11) is 0. The minimum atomic E-state index is 0.142. The van der Waals surface area contributed by atoms with E-state index in [0.717, 1.165) is 50.3 Å². The molecule has 2 aromatic rings. The molecule has 0 unspecified atom stereocenters. The van der Waals surface area contributed by atoms with Gasteiger partial charge in [-0.15, -0.1) is 0 Å². The van der Waals surface area contributed by atoms with Crippen LogP contribution in [0, 0.1) is 24.7 Å². The van der Waals surface area contributed by atoms with Crippen LogP contribution in [0.1, 0.15) is 30.9 Å². The summed E-state index contributed by atoms with van der Waals surface area (Å²) in [5.41, 5.74) is 2.28. The van der Waals surface area contributed by atoms with Crippen molar-refractivity contribution in [2.45, 2.75) is 33.1 Å². The average Bonchev–Trinajstić information content (AvgIpc) is 3.23. The van der Waals surface area contributed by atoms with Crippen LogP contribution in [-0.4, -0.2) is 54.4 Å². The van der Waals surface area contributed by atoms with E-state index in [1.165, 1.54) is 5.56 Å². The number of carbonyl (C=O) groups excluding carboxylic acids is 2. The molecule has 170 valence electrons. The molecule has 2 fully saturated rings. The van der Waals surface area contributed by atoms with Crippen LogP contribution in [0.5, 0.6) is 5.75 Å². The minimum Gasteiger partial charge on any atom is -0.493 e. The fraction of sp³-hybridized carbons (Fsp3) is 0.481. The van der Waals surface area contributed by atoms with E-state index in [-0.39, 0.29) is 11.8 Å². The van der Waals surface area contributed by atoms with Gasteiger partial charge < -0.3 is 14.5 Å². The molecule has 0 radical (unpaired) electrons. The van der Waals surface area contributed by atoms with Gasteiger partial charge in [-0.1, -0.05) is 48.0 Å². The van der Waals surface area contributed by atoms with E-state index in [1.54, 1.807) is 6.92 Å². The molecule has 2 heterocycles. The van der Waals surface area contributed by atoms with Gasteiger partial charge in [0.15, 0.2) is 0 Å². The topological polar surface area (TPSA) is 49.9 Å². The summed E-state index contributed by atoms with van der Waals surface area (Å²) < 4.78 is 6.07. The van der Waals surface area contributed by atoms with Crippen molar-refractivity contribution in [1.82, 2.24) is 9.80 Å². The lowest BCUT2D eigenvalue weighted by Crippen LogP contribution is -2.42. The van der Waals surface area contributed by atoms with Crippen LogP contribution in [0.4, 0.5) is 0 Å². The molecule has 0 aromatic heterocycles. The molecular weight excluding hydrogens is 400 g/mol. The standard InChI is InChI=1S/C27H34N2O3/c1-20-7-6-8-22(15-20)16-27(31)28-13-11-23(12-14-28)26-18-29(21(2)30)17-24(26)19-32-25-9-4-3-5-10-25/h3-10,15,23-24,26H,11-14,16-19H2,1-2H3/t24-,26-/m0/s1. The van der Waals surface area contributed by atoms with Crippen molar-refractivity contribution < 1.29 is 14.3 Å². The van der Waals surface area contributed by atoms with Gasteiger partial charge >= 0.3 is 0 Å². The largest absolute Gasteiger partial charge is 0.493 e. The van der Waals surface area contributed by atoms with E-state index in [4.69, 9.17) is 4.74 Å². The number of aryl methyl sites for hydroxylation is 1. The van der Waals surface area contributed by atoms with E-state index < -0.39 is 0 Å². The molecule has 32 heavy (non-hydrogen) atoms.